The molecule has 2 N–H and O–H groups in total. The summed E-state index contributed by atoms with van der Waals surface area (Å²) in [7, 11) is 1.67. The van der Waals surface area contributed by atoms with Crippen molar-refractivity contribution in [1.82, 2.24) is 15.0 Å². The molecule has 0 spiro atoms. The van der Waals surface area contributed by atoms with Crippen LogP contribution in [0.5, 0.6) is 0 Å². The van der Waals surface area contributed by atoms with Crippen LogP contribution in [0.25, 0.3) is 11.0 Å². The zero-order valence-corrected chi connectivity index (χ0v) is 6.45. The van der Waals surface area contributed by atoms with Gasteiger partial charge in [0.2, 0.25) is 0 Å². The smallest absolute Gasteiger partial charge is 0.148 e. The fraction of sp³-hybridized carbons (Fsp3) is 0.143. The summed E-state index contributed by atoms with van der Waals surface area (Å²) in [5, 5.41) is 7.90. The summed E-state index contributed by atoms with van der Waals surface area (Å²) in [6, 6.07) is 2.75. The molecule has 1 aromatic carbocycles. The Bertz CT molecular complexity index is 395. The highest BCUT2D eigenvalue weighted by Crippen LogP contribution is 2.16. The van der Waals surface area contributed by atoms with Crippen molar-refractivity contribution < 1.29 is 4.39 Å². The van der Waals surface area contributed by atoms with Crippen molar-refractivity contribution in [2.75, 3.05) is 5.73 Å². The Morgan fingerprint density at radius 1 is 1.33 bits per heavy atom. The molecule has 0 saturated carbocycles. The van der Waals surface area contributed by atoms with Crippen molar-refractivity contribution in [3.63, 3.8) is 0 Å². The fourth-order valence-corrected chi connectivity index (χ4v) is 1.06. The Labute approximate surface area is 67.8 Å². The molecular weight excluding hydrogens is 159 g/mol. The molecule has 0 unspecified atom stereocenters. The molecule has 1 aromatic heterocycles. The third-order valence-corrected chi connectivity index (χ3v) is 1.60. The second kappa shape index (κ2) is 2.17. The Kier molecular flexibility index (Phi) is 1.27. The standard InChI is InChI=1S/C7H7FN4/c1-12-10-6-2-4(8)5(9)3-7(6)11-12/h2-3H,9H2,1H3. The van der Waals surface area contributed by atoms with Crippen LogP contribution in [0.4, 0.5) is 10.1 Å². The van der Waals surface area contributed by atoms with Gasteiger partial charge in [0, 0.05) is 13.1 Å². The molecule has 0 saturated heterocycles. The number of hydrogen-bond acceptors (Lipinski definition) is 3. The number of benzene rings is 1. The van der Waals surface area contributed by atoms with E-state index in [9.17, 15) is 4.39 Å². The van der Waals surface area contributed by atoms with Crippen LogP contribution in [-0.4, -0.2) is 15.0 Å². The van der Waals surface area contributed by atoms with Gasteiger partial charge in [0.05, 0.1) is 5.69 Å². The molecule has 0 radical (unpaired) electrons. The van der Waals surface area contributed by atoms with E-state index in [0.717, 1.165) is 0 Å². The highest BCUT2D eigenvalue weighted by Gasteiger charge is 2.04. The summed E-state index contributed by atoms with van der Waals surface area (Å²) >= 11 is 0. The molecule has 0 aliphatic heterocycles. The number of nitrogen functional groups attached to an aromatic ring is 1. The van der Waals surface area contributed by atoms with Gasteiger partial charge in [-0.05, 0) is 6.07 Å². The number of halogens is 1. The summed E-state index contributed by atoms with van der Waals surface area (Å²) in [5.74, 6) is -0.456. The zero-order chi connectivity index (χ0) is 8.72. The molecule has 62 valence electrons. The summed E-state index contributed by atoms with van der Waals surface area (Å²) in [6.45, 7) is 0. The molecule has 1 heterocycles. The van der Waals surface area contributed by atoms with Gasteiger partial charge in [-0.3, -0.25) is 0 Å². The highest BCUT2D eigenvalue weighted by molar-refractivity contribution is 5.77. The molecule has 4 nitrogen and oxygen atoms in total. The van der Waals surface area contributed by atoms with Crippen LogP contribution in [0.1, 0.15) is 0 Å². The van der Waals surface area contributed by atoms with Crippen molar-refractivity contribution in [3.8, 4) is 0 Å². The Hall–Kier alpha value is -1.65. The lowest BCUT2D eigenvalue weighted by Crippen LogP contribution is -1.90. The van der Waals surface area contributed by atoms with Crippen molar-refractivity contribution in [1.29, 1.82) is 0 Å². The van der Waals surface area contributed by atoms with Crippen LogP contribution >= 0.6 is 0 Å². The monoisotopic (exact) mass is 166 g/mol. The minimum Gasteiger partial charge on any atom is -0.396 e. The average molecular weight is 166 g/mol. The largest absolute Gasteiger partial charge is 0.396 e. The van der Waals surface area contributed by atoms with Crippen molar-refractivity contribution >= 4 is 16.7 Å². The van der Waals surface area contributed by atoms with Crippen LogP contribution in [0, 0.1) is 5.82 Å². The quantitative estimate of drug-likeness (QED) is 0.586. The Morgan fingerprint density at radius 3 is 2.58 bits per heavy atom. The molecule has 0 aliphatic rings. The lowest BCUT2D eigenvalue weighted by Gasteiger charge is -1.92. The van der Waals surface area contributed by atoms with Gasteiger partial charge in [-0.1, -0.05) is 0 Å². The van der Waals surface area contributed by atoms with Gasteiger partial charge < -0.3 is 5.73 Å². The first kappa shape index (κ1) is 7.02. The summed E-state index contributed by atoms with van der Waals surface area (Å²) in [4.78, 5) is 1.38. The zero-order valence-electron chi connectivity index (χ0n) is 6.45. The van der Waals surface area contributed by atoms with E-state index in [1.165, 1.54) is 16.9 Å². The number of nitrogens with zero attached hydrogens (tertiary/aromatic N) is 3. The SMILES string of the molecule is Cn1nc2cc(N)c(F)cc2n1. The van der Waals surface area contributed by atoms with E-state index in [-0.39, 0.29) is 5.69 Å². The van der Waals surface area contributed by atoms with Gasteiger partial charge in [-0.25, -0.2) is 4.39 Å². The third kappa shape index (κ3) is 0.903. The number of rotatable bonds is 0. The molecule has 0 bridgehead atoms. The van der Waals surface area contributed by atoms with E-state index >= 15 is 0 Å². The molecule has 2 aromatic rings. The van der Waals surface area contributed by atoms with Crippen LogP contribution in [0.15, 0.2) is 12.1 Å². The van der Waals surface area contributed by atoms with Crippen LogP contribution in [-0.2, 0) is 7.05 Å². The number of aryl methyl sites for hydroxylation is 1. The highest BCUT2D eigenvalue weighted by atomic mass is 19.1. The van der Waals surface area contributed by atoms with Crippen LogP contribution < -0.4 is 5.73 Å². The lowest BCUT2D eigenvalue weighted by molar-refractivity contribution is 0.633. The van der Waals surface area contributed by atoms with E-state index < -0.39 is 5.82 Å². The Balaban J connectivity index is 2.83. The first-order chi connectivity index (χ1) is 5.66. The van der Waals surface area contributed by atoms with Gasteiger partial charge >= 0.3 is 0 Å². The first-order valence-electron chi connectivity index (χ1n) is 3.43. The minimum atomic E-state index is -0.456. The number of aromatic nitrogens is 3. The minimum absolute atomic E-state index is 0.100. The maximum atomic E-state index is 12.9. The topological polar surface area (TPSA) is 56.7 Å². The van der Waals surface area contributed by atoms with Crippen molar-refractivity contribution in [3.05, 3.63) is 17.9 Å². The van der Waals surface area contributed by atoms with E-state index in [0.29, 0.717) is 11.0 Å². The van der Waals surface area contributed by atoms with E-state index in [4.69, 9.17) is 5.73 Å². The molecule has 0 aliphatic carbocycles. The van der Waals surface area contributed by atoms with E-state index in [1.807, 2.05) is 0 Å². The second-order valence-electron chi connectivity index (χ2n) is 2.55. The molecular formula is C7H7FN4. The predicted octanol–water partition coefficient (Wildman–Crippen LogP) is 0.690. The van der Waals surface area contributed by atoms with Crippen LogP contribution in [0.2, 0.25) is 0 Å². The fourth-order valence-electron chi connectivity index (χ4n) is 1.06. The predicted molar refractivity (Wildman–Crippen MR) is 42.9 cm³/mol. The molecule has 5 heteroatoms. The van der Waals surface area contributed by atoms with Crippen LogP contribution in [0.3, 0.4) is 0 Å². The molecule has 0 atom stereocenters. The van der Waals surface area contributed by atoms with Gasteiger partial charge in [-0.15, -0.1) is 0 Å². The lowest BCUT2D eigenvalue weighted by atomic mass is 10.3. The molecule has 12 heavy (non-hydrogen) atoms. The number of fused-ring (bicyclic) bond motifs is 1. The average Bonchev–Trinajstić information content (AvgIpc) is 2.30. The van der Waals surface area contributed by atoms with Gasteiger partial charge in [0.25, 0.3) is 0 Å². The summed E-state index contributed by atoms with van der Waals surface area (Å²) < 4.78 is 12.9. The second-order valence-corrected chi connectivity index (χ2v) is 2.55. The maximum absolute atomic E-state index is 12.9. The van der Waals surface area contributed by atoms with E-state index in [1.54, 1.807) is 7.05 Å². The van der Waals surface area contributed by atoms with Crippen molar-refractivity contribution in [2.45, 2.75) is 0 Å². The summed E-state index contributed by atoms with van der Waals surface area (Å²) in [6.07, 6.45) is 0. The normalized spacial score (nSPS) is 10.8. The van der Waals surface area contributed by atoms with E-state index in [2.05, 4.69) is 10.2 Å². The number of hydrogen-bond donors (Lipinski definition) is 1. The number of nitrogens with two attached hydrogens (primary N) is 1. The first-order valence-corrected chi connectivity index (χ1v) is 3.43. The molecule has 0 fully saturated rings. The van der Waals surface area contributed by atoms with Gasteiger partial charge in [0.1, 0.15) is 16.9 Å². The Morgan fingerprint density at radius 2 is 1.92 bits per heavy atom. The molecule has 2 rings (SSSR count). The molecule has 0 amide bonds. The third-order valence-electron chi connectivity index (χ3n) is 1.60. The van der Waals surface area contributed by atoms with Crippen molar-refractivity contribution in [2.24, 2.45) is 7.05 Å². The van der Waals surface area contributed by atoms with Gasteiger partial charge in [-0.2, -0.15) is 15.0 Å². The number of anilines is 1. The summed E-state index contributed by atoms with van der Waals surface area (Å²) in [5.41, 5.74) is 6.57. The maximum Gasteiger partial charge on any atom is 0.148 e. The van der Waals surface area contributed by atoms with Gasteiger partial charge in [0.15, 0.2) is 0 Å².